The van der Waals surface area contributed by atoms with Crippen molar-refractivity contribution >= 4 is 60.8 Å². The van der Waals surface area contributed by atoms with E-state index in [1.165, 1.54) is 9.47 Å². The number of ether oxygens (including phenoxy) is 1. The van der Waals surface area contributed by atoms with Crippen LogP contribution in [0.25, 0.3) is 10.2 Å². The Kier molecular flexibility index (Phi) is 7.50. The van der Waals surface area contributed by atoms with Crippen molar-refractivity contribution in [3.8, 4) is 0 Å². The Morgan fingerprint density at radius 1 is 1.19 bits per heavy atom. The molecule has 1 aliphatic heterocycles. The summed E-state index contributed by atoms with van der Waals surface area (Å²) in [4.78, 5) is 42.1. The second-order valence-electron chi connectivity index (χ2n) is 7.01. The number of carbonyl (C=O) groups excluding carboxylic acids is 3. The molecule has 1 aromatic heterocycles. The minimum atomic E-state index is -3.97. The van der Waals surface area contributed by atoms with Crippen LogP contribution in [0.15, 0.2) is 23.2 Å². The molecule has 0 saturated carbocycles. The van der Waals surface area contributed by atoms with Crippen molar-refractivity contribution in [1.29, 1.82) is 0 Å². The van der Waals surface area contributed by atoms with Gasteiger partial charge in [0.05, 0.1) is 16.8 Å². The average Bonchev–Trinajstić information content (AvgIpc) is 3.30. The first-order chi connectivity index (χ1) is 14.7. The molecule has 0 unspecified atom stereocenters. The number of hydrogen-bond donors (Lipinski definition) is 0. The van der Waals surface area contributed by atoms with Crippen LogP contribution < -0.4 is 4.80 Å². The van der Waals surface area contributed by atoms with Gasteiger partial charge in [0.15, 0.2) is 14.6 Å². The summed E-state index contributed by atoms with van der Waals surface area (Å²) < 4.78 is 31.8. The lowest BCUT2D eigenvalue weighted by Crippen LogP contribution is -2.35. The Labute approximate surface area is 188 Å². The second-order valence-corrected chi connectivity index (χ2v) is 10.5. The summed E-state index contributed by atoms with van der Waals surface area (Å²) in [5.41, 5.74) is 0.612. The molecule has 1 saturated heterocycles. The minimum Gasteiger partial charge on any atom is -0.465 e. The van der Waals surface area contributed by atoms with Crippen molar-refractivity contribution in [3.05, 3.63) is 28.0 Å². The molecule has 3 rings (SSSR count). The van der Waals surface area contributed by atoms with E-state index in [1.807, 2.05) is 0 Å². The summed E-state index contributed by atoms with van der Waals surface area (Å²) in [6.45, 7) is 2.75. The largest absolute Gasteiger partial charge is 0.465 e. The predicted octanol–water partition coefficient (Wildman–Crippen LogP) is 1.38. The Bertz CT molecular complexity index is 1180. The monoisotopic (exact) mass is 487 g/mol. The van der Waals surface area contributed by atoms with E-state index in [1.54, 1.807) is 25.1 Å². The molecule has 2 amide bonds. The van der Waals surface area contributed by atoms with Gasteiger partial charge in [-0.25, -0.2) is 8.42 Å². The van der Waals surface area contributed by atoms with Crippen LogP contribution in [0.1, 0.15) is 19.8 Å². The van der Waals surface area contributed by atoms with Gasteiger partial charge in [-0.2, -0.15) is 4.99 Å². The van der Waals surface area contributed by atoms with Gasteiger partial charge in [0.2, 0.25) is 5.91 Å². The van der Waals surface area contributed by atoms with Crippen LogP contribution in [0.5, 0.6) is 0 Å². The highest BCUT2D eigenvalue weighted by molar-refractivity contribution is 7.92. The van der Waals surface area contributed by atoms with E-state index in [2.05, 4.69) is 4.99 Å². The van der Waals surface area contributed by atoms with Crippen molar-refractivity contribution in [2.45, 2.75) is 26.3 Å². The molecule has 0 N–H and O–H groups in total. The highest BCUT2D eigenvalue weighted by Crippen LogP contribution is 2.22. The molecular weight excluding hydrogens is 466 g/mol. The van der Waals surface area contributed by atoms with Crippen molar-refractivity contribution in [3.63, 3.8) is 0 Å². The number of carbonyl (C=O) groups is 3. The van der Waals surface area contributed by atoms with Crippen LogP contribution >= 0.6 is 22.9 Å². The van der Waals surface area contributed by atoms with Crippen LogP contribution in [-0.2, 0) is 35.5 Å². The highest BCUT2D eigenvalue weighted by Gasteiger charge is 2.26. The zero-order chi connectivity index (χ0) is 22.6. The van der Waals surface area contributed by atoms with Gasteiger partial charge in [0, 0.05) is 18.1 Å². The van der Waals surface area contributed by atoms with E-state index in [4.69, 9.17) is 16.3 Å². The molecule has 168 valence electrons. The number of fused-ring (bicyclic) bond motifs is 1. The Morgan fingerprint density at radius 2 is 1.90 bits per heavy atom. The molecule has 0 spiro atoms. The summed E-state index contributed by atoms with van der Waals surface area (Å²) in [5.74, 6) is -3.54. The Balaban J connectivity index is 1.85. The van der Waals surface area contributed by atoms with Crippen LogP contribution in [0.2, 0.25) is 5.02 Å². The first-order valence-corrected chi connectivity index (χ1v) is 12.7. The van der Waals surface area contributed by atoms with Crippen LogP contribution in [0.3, 0.4) is 0 Å². The minimum absolute atomic E-state index is 0.149. The van der Waals surface area contributed by atoms with Crippen LogP contribution in [0.4, 0.5) is 0 Å². The highest BCUT2D eigenvalue weighted by atomic mass is 35.5. The number of nitrogens with zero attached hydrogens (tertiary/aromatic N) is 3. The predicted molar refractivity (Wildman–Crippen MR) is 116 cm³/mol. The Morgan fingerprint density at radius 3 is 2.58 bits per heavy atom. The van der Waals surface area contributed by atoms with Gasteiger partial charge in [0.25, 0.3) is 5.91 Å². The number of rotatable bonds is 7. The normalized spacial score (nSPS) is 14.9. The van der Waals surface area contributed by atoms with E-state index in [9.17, 15) is 22.8 Å². The number of likely N-dealkylation sites (tertiary alicyclic amines) is 1. The number of esters is 1. The Hall–Kier alpha value is -2.24. The zero-order valence-electron chi connectivity index (χ0n) is 16.9. The lowest BCUT2D eigenvalue weighted by atomic mass is 10.3. The lowest BCUT2D eigenvalue weighted by Gasteiger charge is -2.14. The SMILES string of the molecule is CCOC(=O)Cn1c(=NC(=O)CS(=O)(=O)CC(=O)N2CCCC2)sc2cc(Cl)ccc21. The molecule has 1 fully saturated rings. The van der Waals surface area contributed by atoms with Gasteiger partial charge < -0.3 is 14.2 Å². The number of benzene rings is 1. The van der Waals surface area contributed by atoms with Crippen LogP contribution in [-0.4, -0.2) is 66.9 Å². The molecular formula is C19H22ClN3O6S2. The molecule has 31 heavy (non-hydrogen) atoms. The molecule has 0 bridgehead atoms. The number of hydrogen-bond acceptors (Lipinski definition) is 7. The molecule has 0 aliphatic carbocycles. The van der Waals surface area contributed by atoms with E-state index in [0.717, 1.165) is 24.2 Å². The maximum Gasteiger partial charge on any atom is 0.326 e. The lowest BCUT2D eigenvalue weighted by molar-refractivity contribution is -0.143. The van der Waals surface area contributed by atoms with E-state index >= 15 is 0 Å². The molecule has 1 aromatic carbocycles. The molecule has 0 atom stereocenters. The third-order valence-corrected chi connectivity index (χ3v) is 7.25. The molecule has 12 heteroatoms. The number of sulfone groups is 1. The van der Waals surface area contributed by atoms with Gasteiger partial charge in [-0.3, -0.25) is 14.4 Å². The van der Waals surface area contributed by atoms with Crippen molar-refractivity contribution in [2.24, 2.45) is 4.99 Å². The summed E-state index contributed by atoms with van der Waals surface area (Å²) in [6.07, 6.45) is 1.69. The van der Waals surface area contributed by atoms with E-state index in [0.29, 0.717) is 28.3 Å². The quantitative estimate of drug-likeness (QED) is 0.545. The number of amides is 2. The third-order valence-electron chi connectivity index (χ3n) is 4.60. The third kappa shape index (κ3) is 6.14. The standard InChI is InChI=1S/C19H22ClN3O6S2/c1-2-29-18(26)10-23-14-6-5-13(20)9-15(14)30-19(23)21-16(24)11-31(27,28)12-17(25)22-7-3-4-8-22/h5-6,9H,2-4,7-8,10-12H2,1H3. The summed E-state index contributed by atoms with van der Waals surface area (Å²) in [6, 6.07) is 4.98. The molecule has 2 heterocycles. The first kappa shape index (κ1) is 23.4. The van der Waals surface area contributed by atoms with E-state index < -0.39 is 39.1 Å². The number of aromatic nitrogens is 1. The van der Waals surface area contributed by atoms with Crippen molar-refractivity contribution in [2.75, 3.05) is 31.2 Å². The van der Waals surface area contributed by atoms with Gasteiger partial charge in [0.1, 0.15) is 18.1 Å². The summed E-state index contributed by atoms with van der Waals surface area (Å²) in [7, 11) is -3.97. The zero-order valence-corrected chi connectivity index (χ0v) is 19.3. The van der Waals surface area contributed by atoms with Crippen molar-refractivity contribution < 1.29 is 27.5 Å². The maximum atomic E-state index is 12.4. The second kappa shape index (κ2) is 9.92. The summed E-state index contributed by atoms with van der Waals surface area (Å²) in [5, 5.41) is 0.470. The fourth-order valence-corrected chi connectivity index (χ4v) is 5.67. The molecule has 2 aromatic rings. The maximum absolute atomic E-state index is 12.4. The number of halogens is 1. The van der Waals surface area contributed by atoms with Crippen molar-refractivity contribution in [1.82, 2.24) is 9.47 Å². The summed E-state index contributed by atoms with van der Waals surface area (Å²) >= 11 is 7.12. The molecule has 0 radical (unpaired) electrons. The fraction of sp³-hybridized carbons (Fsp3) is 0.474. The van der Waals surface area contributed by atoms with Gasteiger partial charge in [-0.1, -0.05) is 22.9 Å². The van der Waals surface area contributed by atoms with Gasteiger partial charge in [-0.15, -0.1) is 0 Å². The molecule has 9 nitrogen and oxygen atoms in total. The van der Waals surface area contributed by atoms with Crippen LogP contribution in [0, 0.1) is 0 Å². The smallest absolute Gasteiger partial charge is 0.326 e. The molecule has 1 aliphatic rings. The van der Waals surface area contributed by atoms with E-state index in [-0.39, 0.29) is 18.0 Å². The van der Waals surface area contributed by atoms with Gasteiger partial charge in [-0.05, 0) is 38.0 Å². The fourth-order valence-electron chi connectivity index (χ4n) is 3.24. The number of thiazole rings is 1. The first-order valence-electron chi connectivity index (χ1n) is 9.69. The average molecular weight is 488 g/mol. The van der Waals surface area contributed by atoms with Gasteiger partial charge >= 0.3 is 5.97 Å². The topological polar surface area (TPSA) is 115 Å².